The van der Waals surface area contributed by atoms with E-state index in [0.717, 1.165) is 0 Å². The van der Waals surface area contributed by atoms with Crippen LogP contribution >= 0.6 is 11.3 Å². The van der Waals surface area contributed by atoms with Crippen molar-refractivity contribution < 1.29 is 9.53 Å². The fourth-order valence-corrected chi connectivity index (χ4v) is 1.03. The van der Waals surface area contributed by atoms with Gasteiger partial charge in [0.25, 0.3) is 0 Å². The SMILES string of the molecule is CCOC(=O)Nc1cscn1. The smallest absolute Gasteiger partial charge is 0.412 e. The molecule has 0 atom stereocenters. The molecule has 0 aliphatic carbocycles. The van der Waals surface area contributed by atoms with Gasteiger partial charge in [-0.15, -0.1) is 11.3 Å². The Kier molecular flexibility index (Phi) is 2.85. The molecule has 5 heteroatoms. The number of carbonyl (C=O) groups excluding carboxylic acids is 1. The first-order valence-electron chi connectivity index (χ1n) is 3.15. The zero-order chi connectivity index (χ0) is 8.10. The first-order valence-corrected chi connectivity index (χ1v) is 4.09. The summed E-state index contributed by atoms with van der Waals surface area (Å²) in [5.41, 5.74) is 1.64. The summed E-state index contributed by atoms with van der Waals surface area (Å²) in [7, 11) is 0. The van der Waals surface area contributed by atoms with Crippen LogP contribution in [0.3, 0.4) is 0 Å². The van der Waals surface area contributed by atoms with E-state index in [0.29, 0.717) is 12.4 Å². The number of thiazole rings is 1. The van der Waals surface area contributed by atoms with E-state index in [2.05, 4.69) is 15.0 Å². The van der Waals surface area contributed by atoms with Crippen LogP contribution in [0.15, 0.2) is 10.9 Å². The maximum Gasteiger partial charge on any atom is 0.412 e. The van der Waals surface area contributed by atoms with Gasteiger partial charge >= 0.3 is 6.09 Å². The largest absolute Gasteiger partial charge is 0.450 e. The molecule has 0 unspecified atom stereocenters. The van der Waals surface area contributed by atoms with E-state index in [1.165, 1.54) is 11.3 Å². The standard InChI is InChI=1S/C6H8N2O2S/c1-2-10-6(9)8-5-3-11-4-7-5/h3-4H,2H2,1H3,(H,8,9). The molecule has 0 aromatic carbocycles. The number of carbonyl (C=O) groups is 1. The maximum atomic E-state index is 10.7. The van der Waals surface area contributed by atoms with Crippen LogP contribution < -0.4 is 5.32 Å². The molecule has 1 heterocycles. The molecule has 0 radical (unpaired) electrons. The van der Waals surface area contributed by atoms with Gasteiger partial charge in [0.2, 0.25) is 0 Å². The fraction of sp³-hybridized carbons (Fsp3) is 0.333. The Bertz CT molecular complexity index is 222. The van der Waals surface area contributed by atoms with Gasteiger partial charge in [-0.3, -0.25) is 5.32 Å². The van der Waals surface area contributed by atoms with Crippen LogP contribution in [-0.2, 0) is 4.74 Å². The summed E-state index contributed by atoms with van der Waals surface area (Å²) in [6, 6.07) is 0. The summed E-state index contributed by atoms with van der Waals surface area (Å²) in [4.78, 5) is 14.6. The van der Waals surface area contributed by atoms with Crippen molar-refractivity contribution in [1.82, 2.24) is 4.98 Å². The van der Waals surface area contributed by atoms with E-state index in [9.17, 15) is 4.79 Å². The summed E-state index contributed by atoms with van der Waals surface area (Å²) in [6.07, 6.45) is -0.460. The molecule has 1 aromatic heterocycles. The number of nitrogens with one attached hydrogen (secondary N) is 1. The maximum absolute atomic E-state index is 10.7. The molecule has 1 N–H and O–H groups in total. The van der Waals surface area contributed by atoms with E-state index in [-0.39, 0.29) is 0 Å². The van der Waals surface area contributed by atoms with Crippen LogP contribution in [0.4, 0.5) is 10.6 Å². The Morgan fingerprint density at radius 1 is 1.91 bits per heavy atom. The van der Waals surface area contributed by atoms with Gasteiger partial charge in [0.05, 0.1) is 12.1 Å². The monoisotopic (exact) mass is 172 g/mol. The van der Waals surface area contributed by atoms with Crippen LogP contribution in [0.5, 0.6) is 0 Å². The molecule has 0 aliphatic rings. The molecule has 1 rings (SSSR count). The highest BCUT2D eigenvalue weighted by Crippen LogP contribution is 2.06. The van der Waals surface area contributed by atoms with Crippen molar-refractivity contribution in [3.05, 3.63) is 10.9 Å². The molecule has 0 saturated carbocycles. The number of nitrogens with zero attached hydrogens (tertiary/aromatic N) is 1. The Labute approximate surface area is 68.2 Å². The lowest BCUT2D eigenvalue weighted by atomic mass is 10.8. The van der Waals surface area contributed by atoms with E-state index < -0.39 is 6.09 Å². The minimum Gasteiger partial charge on any atom is -0.450 e. The van der Waals surface area contributed by atoms with Crippen molar-refractivity contribution in [1.29, 1.82) is 0 Å². The van der Waals surface area contributed by atoms with Crippen molar-refractivity contribution in [2.24, 2.45) is 0 Å². The Hall–Kier alpha value is -1.10. The number of rotatable bonds is 2. The molecule has 0 spiro atoms. The normalized spacial score (nSPS) is 9.18. The van der Waals surface area contributed by atoms with Crippen LogP contribution in [0.2, 0.25) is 0 Å². The predicted molar refractivity (Wildman–Crippen MR) is 42.8 cm³/mol. The van der Waals surface area contributed by atoms with E-state index >= 15 is 0 Å². The topological polar surface area (TPSA) is 51.2 Å². The highest BCUT2D eigenvalue weighted by Gasteiger charge is 2.01. The van der Waals surface area contributed by atoms with Crippen molar-refractivity contribution in [2.45, 2.75) is 6.92 Å². The van der Waals surface area contributed by atoms with Crippen molar-refractivity contribution in [3.8, 4) is 0 Å². The number of anilines is 1. The van der Waals surface area contributed by atoms with Gasteiger partial charge in [0.15, 0.2) is 0 Å². The van der Waals surface area contributed by atoms with Gasteiger partial charge in [0, 0.05) is 5.38 Å². The Balaban J connectivity index is 2.37. The average Bonchev–Trinajstić information content (AvgIpc) is 2.40. The van der Waals surface area contributed by atoms with Crippen molar-refractivity contribution in [3.63, 3.8) is 0 Å². The molecule has 1 amide bonds. The molecule has 0 aliphatic heterocycles. The number of hydrogen-bond donors (Lipinski definition) is 1. The summed E-state index contributed by atoms with van der Waals surface area (Å²) in [5.74, 6) is 0.536. The predicted octanol–water partition coefficient (Wildman–Crippen LogP) is 1.71. The Morgan fingerprint density at radius 3 is 3.27 bits per heavy atom. The highest BCUT2D eigenvalue weighted by molar-refractivity contribution is 7.07. The molecular formula is C6H8N2O2S. The van der Waals surface area contributed by atoms with Crippen LogP contribution in [0, 0.1) is 0 Å². The number of hydrogen-bond acceptors (Lipinski definition) is 4. The molecule has 0 fully saturated rings. The molecule has 4 nitrogen and oxygen atoms in total. The average molecular weight is 172 g/mol. The molecule has 0 bridgehead atoms. The molecule has 11 heavy (non-hydrogen) atoms. The quantitative estimate of drug-likeness (QED) is 0.738. The lowest BCUT2D eigenvalue weighted by molar-refractivity contribution is 0.168. The van der Waals surface area contributed by atoms with Crippen LogP contribution in [0.25, 0.3) is 0 Å². The summed E-state index contributed by atoms with van der Waals surface area (Å²) >= 11 is 1.42. The van der Waals surface area contributed by atoms with E-state index in [1.54, 1.807) is 17.8 Å². The van der Waals surface area contributed by atoms with Crippen LogP contribution in [0.1, 0.15) is 6.92 Å². The number of ether oxygens (including phenoxy) is 1. The zero-order valence-corrected chi connectivity index (χ0v) is 6.85. The minimum absolute atomic E-state index is 0.371. The molecule has 0 saturated heterocycles. The highest BCUT2D eigenvalue weighted by atomic mass is 32.1. The van der Waals surface area contributed by atoms with Gasteiger partial charge in [-0.25, -0.2) is 9.78 Å². The van der Waals surface area contributed by atoms with Gasteiger partial charge in [-0.1, -0.05) is 0 Å². The second kappa shape index (κ2) is 3.92. The van der Waals surface area contributed by atoms with Crippen LogP contribution in [-0.4, -0.2) is 17.7 Å². The minimum atomic E-state index is -0.460. The number of aromatic nitrogens is 1. The fourth-order valence-electron chi connectivity index (χ4n) is 0.546. The summed E-state index contributed by atoms with van der Waals surface area (Å²) in [5, 5.41) is 4.19. The second-order valence-electron chi connectivity index (χ2n) is 1.72. The summed E-state index contributed by atoms with van der Waals surface area (Å²) < 4.78 is 4.63. The van der Waals surface area contributed by atoms with Crippen molar-refractivity contribution >= 4 is 23.2 Å². The van der Waals surface area contributed by atoms with E-state index in [4.69, 9.17) is 0 Å². The first-order chi connectivity index (χ1) is 5.33. The number of amides is 1. The van der Waals surface area contributed by atoms with Gasteiger partial charge < -0.3 is 4.74 Å². The van der Waals surface area contributed by atoms with E-state index in [1.807, 2.05) is 0 Å². The molecular weight excluding hydrogens is 164 g/mol. The van der Waals surface area contributed by atoms with Gasteiger partial charge in [-0.2, -0.15) is 0 Å². The third-order valence-electron chi connectivity index (χ3n) is 0.938. The van der Waals surface area contributed by atoms with Crippen molar-refractivity contribution in [2.75, 3.05) is 11.9 Å². The van der Waals surface area contributed by atoms with Gasteiger partial charge in [-0.05, 0) is 6.92 Å². The summed E-state index contributed by atoms with van der Waals surface area (Å²) in [6.45, 7) is 2.12. The zero-order valence-electron chi connectivity index (χ0n) is 6.03. The van der Waals surface area contributed by atoms with Gasteiger partial charge in [0.1, 0.15) is 5.82 Å². The Morgan fingerprint density at radius 2 is 2.73 bits per heavy atom. The second-order valence-corrected chi connectivity index (χ2v) is 2.44. The third-order valence-corrected chi connectivity index (χ3v) is 1.52. The molecule has 1 aromatic rings. The third kappa shape index (κ3) is 2.55. The molecule has 60 valence electrons. The first kappa shape index (κ1) is 8.00. The lowest BCUT2D eigenvalue weighted by Crippen LogP contribution is -2.13. The lowest BCUT2D eigenvalue weighted by Gasteiger charge is -1.99.